The van der Waals surface area contributed by atoms with Crippen LogP contribution in [-0.2, 0) is 4.79 Å². The Kier molecular flexibility index (Phi) is 3.73. The number of hydrogen-bond donors (Lipinski definition) is 2. The molecule has 0 atom stereocenters. The summed E-state index contributed by atoms with van der Waals surface area (Å²) in [5.74, 6) is -2.12. The summed E-state index contributed by atoms with van der Waals surface area (Å²) in [6.07, 6.45) is 0. The molecule has 0 spiro atoms. The zero-order valence-electron chi connectivity index (χ0n) is 9.85. The Hall–Kier alpha value is -2.04. The van der Waals surface area contributed by atoms with E-state index in [9.17, 15) is 19.8 Å². The maximum atomic E-state index is 11.7. The van der Waals surface area contributed by atoms with E-state index in [1.807, 2.05) is 0 Å². The normalized spacial score (nSPS) is 10.4. The van der Waals surface area contributed by atoms with Crippen molar-refractivity contribution >= 4 is 11.8 Å². The smallest absolute Gasteiger partial charge is 0.308 e. The third-order valence-corrected chi connectivity index (χ3v) is 2.10. The SMILES string of the molecule is CC(=O)Oc1cc(O)c(C(=O)C(C)C)c(O)c1. The Balaban J connectivity index is 3.19. The minimum absolute atomic E-state index is 0.00666. The Bertz CT molecular complexity index is 439. The monoisotopic (exact) mass is 238 g/mol. The van der Waals surface area contributed by atoms with E-state index in [4.69, 9.17) is 4.74 Å². The van der Waals surface area contributed by atoms with Gasteiger partial charge in [0.05, 0.1) is 0 Å². The second-order valence-corrected chi connectivity index (χ2v) is 3.95. The summed E-state index contributed by atoms with van der Waals surface area (Å²) in [5, 5.41) is 19.3. The van der Waals surface area contributed by atoms with Crippen LogP contribution < -0.4 is 4.74 Å². The molecule has 0 bridgehead atoms. The second kappa shape index (κ2) is 4.86. The molecule has 0 amide bonds. The number of Topliss-reactive ketones (excluding diaryl/α,β-unsaturated/α-hetero) is 1. The van der Waals surface area contributed by atoms with Gasteiger partial charge in [0.25, 0.3) is 0 Å². The zero-order valence-corrected chi connectivity index (χ0v) is 9.85. The van der Waals surface area contributed by atoms with Crippen molar-refractivity contribution in [1.82, 2.24) is 0 Å². The first-order valence-electron chi connectivity index (χ1n) is 5.11. The van der Waals surface area contributed by atoms with Crippen molar-refractivity contribution < 1.29 is 24.5 Å². The molecule has 1 aromatic carbocycles. The first kappa shape index (κ1) is 13.0. The lowest BCUT2D eigenvalue weighted by Crippen LogP contribution is -2.09. The number of phenolic OH excluding ortho intramolecular Hbond substituents is 2. The number of aromatic hydroxyl groups is 2. The number of esters is 1. The van der Waals surface area contributed by atoms with E-state index in [0.29, 0.717) is 0 Å². The van der Waals surface area contributed by atoms with E-state index >= 15 is 0 Å². The quantitative estimate of drug-likeness (QED) is 0.477. The maximum Gasteiger partial charge on any atom is 0.308 e. The molecule has 1 aromatic rings. The number of rotatable bonds is 3. The first-order chi connectivity index (χ1) is 7.82. The molecule has 0 aromatic heterocycles. The van der Waals surface area contributed by atoms with Gasteiger partial charge >= 0.3 is 5.97 Å². The average molecular weight is 238 g/mol. The second-order valence-electron chi connectivity index (χ2n) is 3.95. The largest absolute Gasteiger partial charge is 0.507 e. The van der Waals surface area contributed by atoms with Crippen molar-refractivity contribution in [3.05, 3.63) is 17.7 Å². The van der Waals surface area contributed by atoms with Gasteiger partial charge in [-0.25, -0.2) is 0 Å². The van der Waals surface area contributed by atoms with Crippen molar-refractivity contribution in [2.24, 2.45) is 5.92 Å². The maximum absolute atomic E-state index is 11.7. The molecule has 0 unspecified atom stereocenters. The summed E-state index contributed by atoms with van der Waals surface area (Å²) >= 11 is 0. The number of benzene rings is 1. The van der Waals surface area contributed by atoms with Crippen LogP contribution in [0.1, 0.15) is 31.1 Å². The Morgan fingerprint density at radius 2 is 1.65 bits per heavy atom. The molecule has 0 aliphatic rings. The van der Waals surface area contributed by atoms with Crippen LogP contribution in [-0.4, -0.2) is 22.0 Å². The number of phenols is 2. The van der Waals surface area contributed by atoms with Crippen LogP contribution in [0.3, 0.4) is 0 Å². The molecular formula is C12H14O5. The molecule has 17 heavy (non-hydrogen) atoms. The molecule has 0 fully saturated rings. The van der Waals surface area contributed by atoms with E-state index in [0.717, 1.165) is 12.1 Å². The van der Waals surface area contributed by atoms with Gasteiger partial charge < -0.3 is 14.9 Å². The summed E-state index contributed by atoms with van der Waals surface area (Å²) in [5.41, 5.74) is -0.157. The summed E-state index contributed by atoms with van der Waals surface area (Å²) in [7, 11) is 0. The molecule has 92 valence electrons. The molecule has 0 aliphatic heterocycles. The number of carbonyl (C=O) groups is 2. The number of hydrogen-bond acceptors (Lipinski definition) is 5. The van der Waals surface area contributed by atoms with Crippen molar-refractivity contribution in [1.29, 1.82) is 0 Å². The topological polar surface area (TPSA) is 83.8 Å². The third-order valence-electron chi connectivity index (χ3n) is 2.10. The summed E-state index contributed by atoms with van der Waals surface area (Å²) in [6, 6.07) is 2.24. The molecule has 0 saturated heterocycles. The number of ether oxygens (including phenoxy) is 1. The molecule has 0 saturated carbocycles. The van der Waals surface area contributed by atoms with Crippen LogP contribution in [0, 0.1) is 5.92 Å². The third kappa shape index (κ3) is 2.96. The zero-order chi connectivity index (χ0) is 13.2. The summed E-state index contributed by atoms with van der Waals surface area (Å²) in [4.78, 5) is 22.4. The summed E-state index contributed by atoms with van der Waals surface area (Å²) in [6.45, 7) is 4.50. The highest BCUT2D eigenvalue weighted by atomic mass is 16.5. The van der Waals surface area contributed by atoms with E-state index in [1.165, 1.54) is 6.92 Å². The molecule has 5 heteroatoms. The fraction of sp³-hybridized carbons (Fsp3) is 0.333. The van der Waals surface area contributed by atoms with Crippen molar-refractivity contribution in [2.45, 2.75) is 20.8 Å². The lowest BCUT2D eigenvalue weighted by molar-refractivity contribution is -0.131. The van der Waals surface area contributed by atoms with Gasteiger partial charge in [-0.3, -0.25) is 9.59 Å². The minimum Gasteiger partial charge on any atom is -0.507 e. The molecule has 0 heterocycles. The molecule has 2 N–H and O–H groups in total. The Morgan fingerprint density at radius 3 is 2.00 bits per heavy atom. The van der Waals surface area contributed by atoms with Gasteiger partial charge in [0.15, 0.2) is 5.78 Å². The molecule has 1 rings (SSSR count). The fourth-order valence-corrected chi connectivity index (χ4v) is 1.35. The first-order valence-corrected chi connectivity index (χ1v) is 5.11. The highest BCUT2D eigenvalue weighted by molar-refractivity contribution is 6.02. The van der Waals surface area contributed by atoms with Gasteiger partial charge in [-0.2, -0.15) is 0 Å². The minimum atomic E-state index is -0.577. The van der Waals surface area contributed by atoms with Crippen LogP contribution in [0.5, 0.6) is 17.2 Å². The van der Waals surface area contributed by atoms with Gasteiger partial charge in [-0.1, -0.05) is 13.8 Å². The van der Waals surface area contributed by atoms with Gasteiger partial charge in [0.2, 0.25) is 0 Å². The van der Waals surface area contributed by atoms with Crippen LogP contribution in [0.4, 0.5) is 0 Å². The number of ketones is 1. The fourth-order valence-electron chi connectivity index (χ4n) is 1.35. The molecule has 0 radical (unpaired) electrons. The van der Waals surface area contributed by atoms with E-state index in [1.54, 1.807) is 13.8 Å². The Labute approximate surface area is 98.6 Å². The molecular weight excluding hydrogens is 224 g/mol. The van der Waals surface area contributed by atoms with Crippen molar-refractivity contribution in [3.8, 4) is 17.2 Å². The van der Waals surface area contributed by atoms with Crippen molar-refractivity contribution in [2.75, 3.05) is 0 Å². The summed E-state index contributed by atoms with van der Waals surface area (Å²) < 4.78 is 4.70. The molecule has 5 nitrogen and oxygen atoms in total. The van der Waals surface area contributed by atoms with Gasteiger partial charge in [-0.05, 0) is 0 Å². The van der Waals surface area contributed by atoms with Crippen molar-refractivity contribution in [3.63, 3.8) is 0 Å². The predicted molar refractivity (Wildman–Crippen MR) is 60.2 cm³/mol. The van der Waals surface area contributed by atoms with Gasteiger partial charge in [-0.15, -0.1) is 0 Å². The predicted octanol–water partition coefficient (Wildman–Crippen LogP) is 1.86. The molecule has 0 aliphatic carbocycles. The van der Waals surface area contributed by atoms with Gasteiger partial charge in [0, 0.05) is 25.0 Å². The Morgan fingerprint density at radius 1 is 1.18 bits per heavy atom. The van der Waals surface area contributed by atoms with E-state index in [-0.39, 0.29) is 23.0 Å². The standard InChI is InChI=1S/C12H14O5/c1-6(2)12(16)11-9(14)4-8(5-10(11)15)17-7(3)13/h4-6,14-15H,1-3H3. The lowest BCUT2D eigenvalue weighted by Gasteiger charge is -2.10. The van der Waals surface area contributed by atoms with Gasteiger partial charge in [0.1, 0.15) is 22.8 Å². The average Bonchev–Trinajstić information content (AvgIpc) is 2.14. The lowest BCUT2D eigenvalue weighted by atomic mass is 9.99. The highest BCUT2D eigenvalue weighted by Crippen LogP contribution is 2.34. The van der Waals surface area contributed by atoms with E-state index in [2.05, 4.69) is 0 Å². The van der Waals surface area contributed by atoms with Crippen LogP contribution in [0.15, 0.2) is 12.1 Å². The van der Waals surface area contributed by atoms with Crippen LogP contribution in [0.2, 0.25) is 0 Å². The van der Waals surface area contributed by atoms with E-state index < -0.39 is 17.5 Å². The van der Waals surface area contributed by atoms with Crippen LogP contribution >= 0.6 is 0 Å². The number of carbonyl (C=O) groups excluding carboxylic acids is 2. The van der Waals surface area contributed by atoms with Crippen LogP contribution in [0.25, 0.3) is 0 Å². The highest BCUT2D eigenvalue weighted by Gasteiger charge is 2.20.